The van der Waals surface area contributed by atoms with Crippen molar-refractivity contribution in [2.45, 2.75) is 30.6 Å². The lowest BCUT2D eigenvalue weighted by Crippen LogP contribution is -2.40. The number of aryl methyl sites for hydroxylation is 1. The Balaban J connectivity index is 1.86. The highest BCUT2D eigenvalue weighted by atomic mass is 32.2. The molecule has 1 unspecified atom stereocenters. The molecule has 0 heterocycles. The molecular weight excluding hydrogens is 450 g/mol. The first-order valence-electron chi connectivity index (χ1n) is 10.7. The zero-order valence-electron chi connectivity index (χ0n) is 18.8. The van der Waals surface area contributed by atoms with Gasteiger partial charge in [0, 0.05) is 0 Å². The predicted molar refractivity (Wildman–Crippen MR) is 130 cm³/mol. The molecule has 0 aromatic heterocycles. The van der Waals surface area contributed by atoms with E-state index in [2.05, 4.69) is 12.3 Å². The molecule has 0 fully saturated rings. The van der Waals surface area contributed by atoms with Crippen LogP contribution in [0.25, 0.3) is 0 Å². The van der Waals surface area contributed by atoms with Crippen LogP contribution in [0.15, 0.2) is 108 Å². The second kappa shape index (κ2) is 11.6. The van der Waals surface area contributed by atoms with Gasteiger partial charge in [0.2, 0.25) is 0 Å². The molecule has 176 valence electrons. The van der Waals surface area contributed by atoms with Crippen molar-refractivity contribution in [3.8, 4) is 0 Å². The predicted octanol–water partition coefficient (Wildman–Crippen LogP) is 4.67. The molecule has 0 aliphatic carbocycles. The molecule has 0 saturated heterocycles. The lowest BCUT2D eigenvalue weighted by Gasteiger charge is -2.25. The van der Waals surface area contributed by atoms with E-state index >= 15 is 0 Å². The molecule has 0 saturated carbocycles. The van der Waals surface area contributed by atoms with Crippen molar-refractivity contribution in [3.05, 3.63) is 120 Å². The molecule has 7 heteroatoms. The Bertz CT molecular complexity index is 1200. The highest BCUT2D eigenvalue weighted by molar-refractivity contribution is 7.86. The van der Waals surface area contributed by atoms with Crippen LogP contribution < -0.4 is 5.73 Å². The van der Waals surface area contributed by atoms with Crippen molar-refractivity contribution in [2.24, 2.45) is 11.7 Å². The van der Waals surface area contributed by atoms with Crippen LogP contribution in [0.1, 0.15) is 29.2 Å². The van der Waals surface area contributed by atoms with Gasteiger partial charge < -0.3 is 10.5 Å². The molecule has 6 nitrogen and oxygen atoms in total. The maximum atomic E-state index is 13.3. The Morgan fingerprint density at radius 3 is 2.00 bits per heavy atom. The minimum absolute atomic E-state index is 0.0449. The van der Waals surface area contributed by atoms with Gasteiger partial charge in [0.1, 0.15) is 12.1 Å². The van der Waals surface area contributed by atoms with Gasteiger partial charge in [-0.15, -0.1) is 5.73 Å². The normalized spacial score (nSPS) is 13.0. The van der Waals surface area contributed by atoms with Crippen molar-refractivity contribution < 1.29 is 22.1 Å². The number of benzene rings is 3. The molecule has 34 heavy (non-hydrogen) atoms. The summed E-state index contributed by atoms with van der Waals surface area (Å²) in [4.78, 5) is 13.2. The molecule has 0 bridgehead atoms. The van der Waals surface area contributed by atoms with Crippen LogP contribution in [-0.2, 0) is 23.8 Å². The molecule has 0 aliphatic rings. The van der Waals surface area contributed by atoms with Gasteiger partial charge >= 0.3 is 5.97 Å². The fraction of sp³-hybridized carbons (Fsp3) is 0.185. The largest absolute Gasteiger partial charge is 0.452 e. The third-order valence-electron chi connectivity index (χ3n) is 5.20. The van der Waals surface area contributed by atoms with Crippen molar-refractivity contribution in [1.29, 1.82) is 0 Å². The van der Waals surface area contributed by atoms with Gasteiger partial charge in [0.15, 0.2) is 6.10 Å². The Hall–Kier alpha value is -3.48. The molecule has 3 aromatic rings. The first-order valence-corrected chi connectivity index (χ1v) is 12.1. The van der Waals surface area contributed by atoms with Crippen LogP contribution >= 0.6 is 0 Å². The average Bonchev–Trinajstić information content (AvgIpc) is 2.84. The van der Waals surface area contributed by atoms with Gasteiger partial charge in [0.25, 0.3) is 10.1 Å². The summed E-state index contributed by atoms with van der Waals surface area (Å²) >= 11 is 0. The Morgan fingerprint density at radius 2 is 1.50 bits per heavy atom. The minimum atomic E-state index is -4.20. The van der Waals surface area contributed by atoms with E-state index in [1.807, 2.05) is 67.6 Å². The third kappa shape index (κ3) is 6.53. The molecule has 3 rings (SSSR count). The van der Waals surface area contributed by atoms with Crippen LogP contribution in [0.4, 0.5) is 0 Å². The molecule has 2 N–H and O–H groups in total. The second-order valence-corrected chi connectivity index (χ2v) is 9.29. The first kappa shape index (κ1) is 25.1. The summed E-state index contributed by atoms with van der Waals surface area (Å²) in [6.07, 6.45) is -0.640. The smallest absolute Gasteiger partial charge is 0.314 e. The van der Waals surface area contributed by atoms with E-state index in [0.29, 0.717) is 0 Å². The maximum absolute atomic E-state index is 13.3. The monoisotopic (exact) mass is 477 g/mol. The minimum Gasteiger partial charge on any atom is -0.452 e. The summed E-state index contributed by atoms with van der Waals surface area (Å²) in [5.41, 5.74) is 11.1. The Kier molecular flexibility index (Phi) is 8.57. The van der Waals surface area contributed by atoms with E-state index in [-0.39, 0.29) is 11.3 Å². The Labute approximate surface area is 200 Å². The SMILES string of the molecule is C=C=CC[C@@H](C(=O)OC(c1ccccc1)c1ccccc1)C(N)OS(=O)(=O)c1ccc(C)cc1. The number of carbonyl (C=O) groups excluding carboxylic acids is 1. The molecule has 3 aromatic carbocycles. The van der Waals surface area contributed by atoms with Crippen molar-refractivity contribution >= 4 is 16.1 Å². The number of ether oxygens (including phenoxy) is 1. The molecule has 0 amide bonds. The zero-order valence-corrected chi connectivity index (χ0v) is 19.6. The number of nitrogens with two attached hydrogens (primary N) is 1. The molecule has 0 spiro atoms. The summed E-state index contributed by atoms with van der Waals surface area (Å²) in [6.45, 7) is 5.35. The lowest BCUT2D eigenvalue weighted by molar-refractivity contribution is -0.155. The van der Waals surface area contributed by atoms with Crippen LogP contribution in [0.3, 0.4) is 0 Å². The highest BCUT2D eigenvalue weighted by Gasteiger charge is 2.33. The fourth-order valence-electron chi connectivity index (χ4n) is 3.34. The van der Waals surface area contributed by atoms with Gasteiger partial charge in [-0.2, -0.15) is 8.42 Å². The number of hydrogen-bond acceptors (Lipinski definition) is 6. The molecule has 2 atom stereocenters. The van der Waals surface area contributed by atoms with E-state index in [1.54, 1.807) is 12.1 Å². The highest BCUT2D eigenvalue weighted by Crippen LogP contribution is 2.28. The maximum Gasteiger partial charge on any atom is 0.314 e. The fourth-order valence-corrected chi connectivity index (χ4v) is 4.34. The Morgan fingerprint density at radius 1 is 0.971 bits per heavy atom. The van der Waals surface area contributed by atoms with Crippen LogP contribution in [0, 0.1) is 12.8 Å². The first-order chi connectivity index (χ1) is 16.3. The van der Waals surface area contributed by atoms with Crippen molar-refractivity contribution in [1.82, 2.24) is 0 Å². The molecule has 0 radical (unpaired) electrons. The van der Waals surface area contributed by atoms with E-state index in [0.717, 1.165) is 16.7 Å². The number of carbonyl (C=O) groups is 1. The number of rotatable bonds is 10. The summed E-state index contributed by atoms with van der Waals surface area (Å²) in [5.74, 6) is -1.81. The van der Waals surface area contributed by atoms with Gasteiger partial charge in [-0.25, -0.2) is 4.18 Å². The van der Waals surface area contributed by atoms with Crippen molar-refractivity contribution in [3.63, 3.8) is 0 Å². The quantitative estimate of drug-likeness (QED) is 0.197. The number of allylic oxidation sites excluding steroid dienone is 1. The van der Waals surface area contributed by atoms with E-state index in [4.69, 9.17) is 14.7 Å². The summed E-state index contributed by atoms with van der Waals surface area (Å²) in [7, 11) is -4.20. The van der Waals surface area contributed by atoms with Crippen LogP contribution in [0.2, 0.25) is 0 Å². The number of hydrogen-bond donors (Lipinski definition) is 1. The molecule has 0 aliphatic heterocycles. The number of esters is 1. The van der Waals surface area contributed by atoms with Gasteiger partial charge in [-0.1, -0.05) is 84.9 Å². The average molecular weight is 478 g/mol. The topological polar surface area (TPSA) is 95.7 Å². The van der Waals surface area contributed by atoms with Gasteiger partial charge in [-0.3, -0.25) is 4.79 Å². The summed E-state index contributed by atoms with van der Waals surface area (Å²) in [6, 6.07) is 24.7. The van der Waals surface area contributed by atoms with Gasteiger partial charge in [0.05, 0.1) is 4.90 Å². The van der Waals surface area contributed by atoms with Crippen LogP contribution in [-0.4, -0.2) is 20.6 Å². The van der Waals surface area contributed by atoms with Crippen molar-refractivity contribution in [2.75, 3.05) is 0 Å². The molecular formula is C27H27NO5S. The second-order valence-electron chi connectivity index (χ2n) is 7.72. The lowest BCUT2D eigenvalue weighted by atomic mass is 10.00. The zero-order chi connectivity index (χ0) is 24.6. The van der Waals surface area contributed by atoms with Crippen LogP contribution in [0.5, 0.6) is 0 Å². The van der Waals surface area contributed by atoms with E-state index in [9.17, 15) is 13.2 Å². The standard InChI is InChI=1S/C27H27NO5S/c1-3-4-15-24(26(28)33-34(30,31)23-18-16-20(2)17-19-23)27(29)32-25(21-11-7-5-8-12-21)22-13-9-6-10-14-22/h4-14,16-19,24-26H,1,15,28H2,2H3/t24-,26?/m1/s1. The van der Waals surface area contributed by atoms with E-state index in [1.165, 1.54) is 18.2 Å². The van der Waals surface area contributed by atoms with Gasteiger partial charge in [-0.05, 0) is 42.7 Å². The summed E-state index contributed by atoms with van der Waals surface area (Å²) in [5, 5.41) is 0. The van der Waals surface area contributed by atoms with E-state index < -0.39 is 34.3 Å². The third-order valence-corrected chi connectivity index (χ3v) is 6.53. The summed E-state index contributed by atoms with van der Waals surface area (Å²) < 4.78 is 36.5.